The summed E-state index contributed by atoms with van der Waals surface area (Å²) in [6.07, 6.45) is 6.54. The van der Waals surface area contributed by atoms with Crippen molar-refractivity contribution in [1.82, 2.24) is 0 Å². The Balaban J connectivity index is 2.20. The number of methoxy groups -OCH3 is 1. The molecule has 3 heteroatoms. The minimum Gasteiger partial charge on any atom is -0.497 e. The SMILES string of the molecule is CCOC(=O)C1(C)C=CC=C(c2ccc(OC)cc2)C1. The van der Waals surface area contributed by atoms with Gasteiger partial charge >= 0.3 is 5.97 Å². The van der Waals surface area contributed by atoms with Crippen LogP contribution in [0.4, 0.5) is 0 Å². The Morgan fingerprint density at radius 2 is 2.00 bits per heavy atom. The van der Waals surface area contributed by atoms with E-state index in [1.807, 2.05) is 56.3 Å². The molecule has 0 spiro atoms. The number of ether oxygens (including phenoxy) is 2. The largest absolute Gasteiger partial charge is 0.497 e. The molecule has 1 aromatic rings. The van der Waals surface area contributed by atoms with Gasteiger partial charge in [-0.3, -0.25) is 4.79 Å². The maximum atomic E-state index is 12.1. The molecule has 1 atom stereocenters. The van der Waals surface area contributed by atoms with Gasteiger partial charge in [-0.2, -0.15) is 0 Å². The lowest BCUT2D eigenvalue weighted by molar-refractivity contribution is -0.151. The van der Waals surface area contributed by atoms with E-state index in [9.17, 15) is 4.79 Å². The predicted octanol–water partition coefficient (Wildman–Crippen LogP) is 3.61. The average molecular weight is 272 g/mol. The smallest absolute Gasteiger partial charge is 0.315 e. The number of hydrogen-bond acceptors (Lipinski definition) is 3. The lowest BCUT2D eigenvalue weighted by Crippen LogP contribution is -2.29. The molecule has 0 aliphatic heterocycles. The van der Waals surface area contributed by atoms with Crippen molar-refractivity contribution in [3.63, 3.8) is 0 Å². The van der Waals surface area contributed by atoms with E-state index < -0.39 is 5.41 Å². The highest BCUT2D eigenvalue weighted by Crippen LogP contribution is 2.37. The van der Waals surface area contributed by atoms with Gasteiger partial charge in [0.05, 0.1) is 19.1 Å². The lowest BCUT2D eigenvalue weighted by atomic mass is 9.78. The van der Waals surface area contributed by atoms with Gasteiger partial charge in [-0.15, -0.1) is 0 Å². The summed E-state index contributed by atoms with van der Waals surface area (Å²) >= 11 is 0. The van der Waals surface area contributed by atoms with Crippen molar-refractivity contribution in [2.24, 2.45) is 5.41 Å². The Kier molecular flexibility index (Phi) is 4.28. The van der Waals surface area contributed by atoms with Gasteiger partial charge in [-0.1, -0.05) is 30.4 Å². The number of allylic oxidation sites excluding steroid dienone is 3. The predicted molar refractivity (Wildman–Crippen MR) is 79.5 cm³/mol. The van der Waals surface area contributed by atoms with Crippen molar-refractivity contribution < 1.29 is 14.3 Å². The Hall–Kier alpha value is -2.03. The van der Waals surface area contributed by atoms with Gasteiger partial charge < -0.3 is 9.47 Å². The van der Waals surface area contributed by atoms with Crippen molar-refractivity contribution in [3.05, 3.63) is 48.1 Å². The zero-order valence-electron chi connectivity index (χ0n) is 12.2. The topological polar surface area (TPSA) is 35.5 Å². The first kappa shape index (κ1) is 14.4. The van der Waals surface area contributed by atoms with Crippen molar-refractivity contribution in [1.29, 1.82) is 0 Å². The van der Waals surface area contributed by atoms with Crippen LogP contribution in [0.2, 0.25) is 0 Å². The molecule has 2 rings (SSSR count). The van der Waals surface area contributed by atoms with Crippen LogP contribution in [0.15, 0.2) is 42.5 Å². The van der Waals surface area contributed by atoms with Gasteiger partial charge in [-0.25, -0.2) is 0 Å². The number of carbonyl (C=O) groups excluding carboxylic acids is 1. The van der Waals surface area contributed by atoms with E-state index in [0.717, 1.165) is 16.9 Å². The van der Waals surface area contributed by atoms with E-state index in [1.165, 1.54) is 0 Å². The standard InChI is InChI=1S/C17H20O3/c1-4-20-16(18)17(2)11-5-6-14(12-17)13-7-9-15(19-3)10-8-13/h5-11H,4,12H2,1-3H3. The normalized spacial score (nSPS) is 21.2. The highest BCUT2D eigenvalue weighted by atomic mass is 16.5. The molecular formula is C17H20O3. The molecule has 0 saturated carbocycles. The second-order valence-corrected chi connectivity index (χ2v) is 5.09. The fourth-order valence-electron chi connectivity index (χ4n) is 2.33. The zero-order chi connectivity index (χ0) is 14.6. The van der Waals surface area contributed by atoms with Crippen LogP contribution in [-0.2, 0) is 9.53 Å². The lowest BCUT2D eigenvalue weighted by Gasteiger charge is -2.27. The summed E-state index contributed by atoms with van der Waals surface area (Å²) < 4.78 is 10.3. The average Bonchev–Trinajstić information content (AvgIpc) is 2.48. The number of rotatable bonds is 4. The molecule has 1 unspecified atom stereocenters. The molecule has 20 heavy (non-hydrogen) atoms. The van der Waals surface area contributed by atoms with Crippen LogP contribution in [-0.4, -0.2) is 19.7 Å². The van der Waals surface area contributed by atoms with E-state index in [1.54, 1.807) is 7.11 Å². The summed E-state index contributed by atoms with van der Waals surface area (Å²) in [6, 6.07) is 7.87. The third-order valence-electron chi connectivity index (χ3n) is 3.52. The Labute approximate surface area is 119 Å². The second-order valence-electron chi connectivity index (χ2n) is 5.09. The van der Waals surface area contributed by atoms with Crippen LogP contribution in [0.1, 0.15) is 25.8 Å². The molecule has 0 aromatic heterocycles. The van der Waals surface area contributed by atoms with Crippen molar-refractivity contribution >= 4 is 11.5 Å². The van der Waals surface area contributed by atoms with E-state index in [-0.39, 0.29) is 5.97 Å². The van der Waals surface area contributed by atoms with Gasteiger partial charge in [-0.05, 0) is 43.5 Å². The molecular weight excluding hydrogens is 252 g/mol. The first-order chi connectivity index (χ1) is 9.59. The van der Waals surface area contributed by atoms with Gasteiger partial charge in [0.25, 0.3) is 0 Å². The summed E-state index contributed by atoms with van der Waals surface area (Å²) in [5, 5.41) is 0. The Morgan fingerprint density at radius 1 is 1.30 bits per heavy atom. The summed E-state index contributed by atoms with van der Waals surface area (Å²) in [4.78, 5) is 12.1. The monoisotopic (exact) mass is 272 g/mol. The minimum absolute atomic E-state index is 0.171. The number of carbonyl (C=O) groups is 1. The van der Waals surface area contributed by atoms with Crippen molar-refractivity contribution in [3.8, 4) is 5.75 Å². The highest BCUT2D eigenvalue weighted by Gasteiger charge is 2.34. The van der Waals surface area contributed by atoms with Gasteiger partial charge in [0.2, 0.25) is 0 Å². The maximum absolute atomic E-state index is 12.1. The third-order valence-corrected chi connectivity index (χ3v) is 3.52. The molecule has 106 valence electrons. The highest BCUT2D eigenvalue weighted by molar-refractivity contribution is 5.84. The van der Waals surface area contributed by atoms with Crippen molar-refractivity contribution in [2.75, 3.05) is 13.7 Å². The van der Waals surface area contributed by atoms with Crippen LogP contribution in [0, 0.1) is 5.41 Å². The minimum atomic E-state index is -0.583. The van der Waals surface area contributed by atoms with Crippen LogP contribution in [0.25, 0.3) is 5.57 Å². The molecule has 1 aliphatic rings. The molecule has 3 nitrogen and oxygen atoms in total. The van der Waals surface area contributed by atoms with Gasteiger partial charge in [0, 0.05) is 0 Å². The van der Waals surface area contributed by atoms with Crippen molar-refractivity contribution in [2.45, 2.75) is 20.3 Å². The van der Waals surface area contributed by atoms with Gasteiger partial charge in [0.15, 0.2) is 0 Å². The summed E-state index contributed by atoms with van der Waals surface area (Å²) in [6.45, 7) is 4.15. The van der Waals surface area contributed by atoms with Crippen LogP contribution < -0.4 is 4.74 Å². The first-order valence-corrected chi connectivity index (χ1v) is 6.79. The molecule has 0 radical (unpaired) electrons. The quantitative estimate of drug-likeness (QED) is 0.785. The number of hydrogen-bond donors (Lipinski definition) is 0. The Bertz CT molecular complexity index is 540. The Morgan fingerprint density at radius 3 is 2.60 bits per heavy atom. The van der Waals surface area contributed by atoms with Gasteiger partial charge in [0.1, 0.15) is 5.75 Å². The summed E-state index contributed by atoms with van der Waals surface area (Å²) in [5.41, 5.74) is 1.65. The van der Waals surface area contributed by atoms with Crippen LogP contribution in [0.3, 0.4) is 0 Å². The zero-order valence-corrected chi connectivity index (χ0v) is 12.2. The molecule has 0 fully saturated rings. The molecule has 1 aromatic carbocycles. The van der Waals surface area contributed by atoms with E-state index in [4.69, 9.17) is 9.47 Å². The van der Waals surface area contributed by atoms with E-state index >= 15 is 0 Å². The van der Waals surface area contributed by atoms with E-state index in [0.29, 0.717) is 13.0 Å². The maximum Gasteiger partial charge on any atom is 0.315 e. The number of benzene rings is 1. The van der Waals surface area contributed by atoms with E-state index in [2.05, 4.69) is 0 Å². The molecule has 0 saturated heterocycles. The molecule has 0 amide bonds. The summed E-state index contributed by atoms with van der Waals surface area (Å²) in [7, 11) is 1.65. The fraction of sp³-hybridized carbons (Fsp3) is 0.353. The van der Waals surface area contributed by atoms with Crippen LogP contribution >= 0.6 is 0 Å². The molecule has 1 aliphatic carbocycles. The number of esters is 1. The second kappa shape index (κ2) is 5.95. The van der Waals surface area contributed by atoms with Crippen LogP contribution in [0.5, 0.6) is 5.75 Å². The fourth-order valence-corrected chi connectivity index (χ4v) is 2.33. The first-order valence-electron chi connectivity index (χ1n) is 6.79. The summed E-state index contributed by atoms with van der Waals surface area (Å²) in [5.74, 6) is 0.657. The molecule has 0 bridgehead atoms. The molecule has 0 N–H and O–H groups in total. The molecule has 0 heterocycles. The third kappa shape index (κ3) is 2.93.